The van der Waals surface area contributed by atoms with Gasteiger partial charge in [0.2, 0.25) is 0 Å². The summed E-state index contributed by atoms with van der Waals surface area (Å²) in [6, 6.07) is 9.77. The van der Waals surface area contributed by atoms with E-state index in [-0.39, 0.29) is 28.0 Å². The van der Waals surface area contributed by atoms with Crippen LogP contribution >= 0.6 is 11.6 Å². The van der Waals surface area contributed by atoms with Crippen LogP contribution < -0.4 is 14.8 Å². The van der Waals surface area contributed by atoms with Crippen LogP contribution in [0.3, 0.4) is 0 Å². The number of nitrogens with one attached hydrogen (secondary N) is 2. The molecule has 1 aliphatic heterocycles. The van der Waals surface area contributed by atoms with Gasteiger partial charge in [-0.2, -0.15) is 0 Å². The second-order valence-corrected chi connectivity index (χ2v) is 7.06. The van der Waals surface area contributed by atoms with E-state index in [1.54, 1.807) is 0 Å². The molecule has 24 heavy (non-hydrogen) atoms. The van der Waals surface area contributed by atoms with Crippen molar-refractivity contribution in [3.8, 4) is 5.75 Å². The Morgan fingerprint density at radius 2 is 2.00 bits per heavy atom. The van der Waals surface area contributed by atoms with Crippen LogP contribution in [0, 0.1) is 0 Å². The minimum Gasteiger partial charge on any atom is -0.482 e. The molecule has 0 saturated carbocycles. The van der Waals surface area contributed by atoms with Crippen molar-refractivity contribution in [1.82, 2.24) is 4.72 Å². The maximum absolute atomic E-state index is 12.2. The highest BCUT2D eigenvalue weighted by molar-refractivity contribution is 7.90. The quantitative estimate of drug-likeness (QED) is 0.862. The number of rotatable bonds is 3. The molecule has 0 bridgehead atoms. The van der Waals surface area contributed by atoms with Crippen LogP contribution in [-0.4, -0.2) is 26.8 Å². The van der Waals surface area contributed by atoms with E-state index in [0.717, 1.165) is 0 Å². The summed E-state index contributed by atoms with van der Waals surface area (Å²) in [4.78, 5) is 23.4. The number of fused-ring (bicyclic) bond motifs is 1. The molecule has 2 N–H and O–H groups in total. The molecular formula is C15H11ClN2O5S. The van der Waals surface area contributed by atoms with Gasteiger partial charge in [0.15, 0.2) is 6.61 Å². The van der Waals surface area contributed by atoms with Gasteiger partial charge in [0.1, 0.15) is 5.75 Å². The molecule has 0 saturated heterocycles. The molecule has 0 spiro atoms. The number of halogens is 1. The van der Waals surface area contributed by atoms with Gasteiger partial charge in [-0.05, 0) is 36.4 Å². The SMILES string of the molecule is O=C1COc2ccc(C(=O)NS(=O)(=O)c3cccc(Cl)c3)cc2N1. The Kier molecular flexibility index (Phi) is 4.16. The van der Waals surface area contributed by atoms with Crippen molar-refractivity contribution >= 4 is 39.1 Å². The predicted octanol–water partition coefficient (Wildman–Crippen LogP) is 1.79. The monoisotopic (exact) mass is 366 g/mol. The Hall–Kier alpha value is -2.58. The van der Waals surface area contributed by atoms with Crippen LogP contribution in [0.5, 0.6) is 5.75 Å². The van der Waals surface area contributed by atoms with Crippen molar-refractivity contribution in [2.24, 2.45) is 0 Å². The fourth-order valence-electron chi connectivity index (χ4n) is 2.10. The second-order valence-electron chi connectivity index (χ2n) is 4.94. The summed E-state index contributed by atoms with van der Waals surface area (Å²) in [7, 11) is -4.06. The average Bonchev–Trinajstić information content (AvgIpc) is 2.53. The lowest BCUT2D eigenvalue weighted by Crippen LogP contribution is -2.31. The molecule has 2 amide bonds. The molecule has 1 aliphatic rings. The number of ether oxygens (including phenoxy) is 1. The van der Waals surface area contributed by atoms with Gasteiger partial charge in [0.05, 0.1) is 10.6 Å². The third-order valence-electron chi connectivity index (χ3n) is 3.21. The topological polar surface area (TPSA) is 102 Å². The Labute approximate surface area is 142 Å². The standard InChI is InChI=1S/C15H11ClN2O5S/c16-10-2-1-3-11(7-10)24(21,22)18-15(20)9-4-5-13-12(6-9)17-14(19)8-23-13/h1-7H,8H2,(H,17,19)(H,18,20). The Morgan fingerprint density at radius 3 is 2.75 bits per heavy atom. The van der Waals surface area contributed by atoms with Crippen LogP contribution in [0.1, 0.15) is 10.4 Å². The molecule has 0 aromatic heterocycles. The first-order valence-corrected chi connectivity index (χ1v) is 8.61. The zero-order chi connectivity index (χ0) is 17.3. The molecule has 1 heterocycles. The Balaban J connectivity index is 1.85. The van der Waals surface area contributed by atoms with E-state index in [0.29, 0.717) is 11.4 Å². The zero-order valence-corrected chi connectivity index (χ0v) is 13.6. The highest BCUT2D eigenvalue weighted by Crippen LogP contribution is 2.28. The lowest BCUT2D eigenvalue weighted by atomic mass is 10.1. The largest absolute Gasteiger partial charge is 0.482 e. The number of amides is 2. The first-order valence-electron chi connectivity index (χ1n) is 6.74. The van der Waals surface area contributed by atoms with Gasteiger partial charge in [-0.25, -0.2) is 13.1 Å². The summed E-state index contributed by atoms with van der Waals surface area (Å²) in [5.74, 6) is -0.784. The third-order valence-corrected chi connectivity index (χ3v) is 4.77. The number of anilines is 1. The minimum atomic E-state index is -4.06. The van der Waals surface area contributed by atoms with E-state index < -0.39 is 15.9 Å². The molecule has 9 heteroatoms. The maximum atomic E-state index is 12.2. The lowest BCUT2D eigenvalue weighted by Gasteiger charge is -2.18. The van der Waals surface area contributed by atoms with Crippen molar-refractivity contribution in [1.29, 1.82) is 0 Å². The summed E-state index contributed by atoms with van der Waals surface area (Å²) in [5.41, 5.74) is 0.365. The fraction of sp³-hybridized carbons (Fsp3) is 0.0667. The van der Waals surface area contributed by atoms with Gasteiger partial charge in [0, 0.05) is 10.6 Å². The lowest BCUT2D eigenvalue weighted by molar-refractivity contribution is -0.118. The molecule has 0 fully saturated rings. The van der Waals surface area contributed by atoms with Gasteiger partial charge in [0.25, 0.3) is 21.8 Å². The Bertz CT molecular complexity index is 943. The van der Waals surface area contributed by atoms with E-state index in [1.807, 2.05) is 4.72 Å². The first kappa shape index (κ1) is 16.3. The normalized spacial score (nSPS) is 13.5. The van der Waals surface area contributed by atoms with Crippen molar-refractivity contribution in [2.45, 2.75) is 4.90 Å². The summed E-state index contributed by atoms with van der Waals surface area (Å²) in [6.45, 7) is -0.109. The van der Waals surface area contributed by atoms with Crippen LogP contribution in [-0.2, 0) is 14.8 Å². The van der Waals surface area contributed by atoms with Crippen LogP contribution in [0.15, 0.2) is 47.4 Å². The first-order chi connectivity index (χ1) is 11.3. The van der Waals surface area contributed by atoms with Crippen molar-refractivity contribution in [3.63, 3.8) is 0 Å². The smallest absolute Gasteiger partial charge is 0.265 e. The number of carbonyl (C=O) groups excluding carboxylic acids is 2. The molecule has 0 aliphatic carbocycles. The summed E-state index contributed by atoms with van der Waals surface area (Å²) in [5, 5.41) is 2.78. The summed E-state index contributed by atoms with van der Waals surface area (Å²) < 4.78 is 31.6. The van der Waals surface area contributed by atoms with E-state index in [2.05, 4.69) is 5.32 Å². The van der Waals surface area contributed by atoms with Crippen molar-refractivity contribution in [3.05, 3.63) is 53.1 Å². The number of benzene rings is 2. The fourth-order valence-corrected chi connectivity index (χ4v) is 3.37. The third kappa shape index (κ3) is 3.34. The maximum Gasteiger partial charge on any atom is 0.265 e. The molecule has 0 unspecified atom stereocenters. The molecule has 2 aromatic carbocycles. The molecule has 0 radical (unpaired) electrons. The molecule has 0 atom stereocenters. The average molecular weight is 367 g/mol. The highest BCUT2D eigenvalue weighted by atomic mass is 35.5. The Morgan fingerprint density at radius 1 is 1.21 bits per heavy atom. The summed E-state index contributed by atoms with van der Waals surface area (Å²) in [6.07, 6.45) is 0. The zero-order valence-electron chi connectivity index (χ0n) is 12.1. The van der Waals surface area contributed by atoms with Gasteiger partial charge in [-0.1, -0.05) is 17.7 Å². The van der Waals surface area contributed by atoms with Gasteiger partial charge in [-0.3, -0.25) is 9.59 Å². The van der Waals surface area contributed by atoms with Crippen LogP contribution in [0.2, 0.25) is 5.02 Å². The number of carbonyl (C=O) groups is 2. The number of sulfonamides is 1. The van der Waals surface area contributed by atoms with Gasteiger partial charge >= 0.3 is 0 Å². The van der Waals surface area contributed by atoms with E-state index >= 15 is 0 Å². The molecule has 3 rings (SSSR count). The number of hydrogen-bond donors (Lipinski definition) is 2. The van der Waals surface area contributed by atoms with Crippen LogP contribution in [0.25, 0.3) is 0 Å². The molecular weight excluding hydrogens is 356 g/mol. The second kappa shape index (κ2) is 6.14. The van der Waals surface area contributed by atoms with E-state index in [4.69, 9.17) is 16.3 Å². The van der Waals surface area contributed by atoms with Gasteiger partial charge < -0.3 is 10.1 Å². The summed E-state index contributed by atoms with van der Waals surface area (Å²) >= 11 is 5.77. The van der Waals surface area contributed by atoms with Crippen LogP contribution in [0.4, 0.5) is 5.69 Å². The molecule has 2 aromatic rings. The highest BCUT2D eigenvalue weighted by Gasteiger charge is 2.22. The van der Waals surface area contributed by atoms with Gasteiger partial charge in [-0.15, -0.1) is 0 Å². The predicted molar refractivity (Wildman–Crippen MR) is 86.7 cm³/mol. The number of hydrogen-bond acceptors (Lipinski definition) is 5. The minimum absolute atomic E-state index is 0.0603. The van der Waals surface area contributed by atoms with Crippen molar-refractivity contribution < 1.29 is 22.7 Å². The van der Waals surface area contributed by atoms with E-state index in [9.17, 15) is 18.0 Å². The van der Waals surface area contributed by atoms with E-state index in [1.165, 1.54) is 42.5 Å². The molecule has 124 valence electrons. The molecule has 7 nitrogen and oxygen atoms in total. The van der Waals surface area contributed by atoms with Crippen molar-refractivity contribution in [2.75, 3.05) is 11.9 Å².